The van der Waals surface area contributed by atoms with Gasteiger partial charge in [-0.1, -0.05) is 123 Å². The number of benzene rings is 5. The second kappa shape index (κ2) is 7.71. The van der Waals surface area contributed by atoms with Crippen LogP contribution in [-0.2, 0) is 6.42 Å². The molecule has 5 aromatic rings. The largest absolute Gasteiger partial charge is 0.0616 e. The molecule has 0 heterocycles. The van der Waals surface area contributed by atoms with Gasteiger partial charge in [0.25, 0.3) is 0 Å². The molecule has 0 nitrogen and oxygen atoms in total. The van der Waals surface area contributed by atoms with E-state index in [0.29, 0.717) is 0 Å². The zero-order chi connectivity index (χ0) is 23.4. The first-order valence-corrected chi connectivity index (χ1v) is 12.3. The quantitative estimate of drug-likeness (QED) is 0.257. The van der Waals surface area contributed by atoms with Crippen molar-refractivity contribution in [2.24, 2.45) is 5.41 Å². The Morgan fingerprint density at radius 2 is 1.03 bits per heavy atom. The van der Waals surface area contributed by atoms with E-state index in [1.807, 2.05) is 0 Å². The Labute approximate surface area is 202 Å². The van der Waals surface area contributed by atoms with Gasteiger partial charge in [-0.25, -0.2) is 0 Å². The molecule has 0 aliphatic heterocycles. The topological polar surface area (TPSA) is 0 Å². The minimum atomic E-state index is 0.134. The molecule has 0 N–H and O–H groups in total. The molecule has 0 aromatic heterocycles. The van der Waals surface area contributed by atoms with E-state index in [0.717, 1.165) is 6.42 Å². The van der Waals surface area contributed by atoms with E-state index >= 15 is 0 Å². The highest BCUT2D eigenvalue weighted by molar-refractivity contribution is 6.04. The Balaban J connectivity index is 1.68. The first kappa shape index (κ1) is 20.9. The predicted octanol–water partition coefficient (Wildman–Crippen LogP) is 9.70. The summed E-state index contributed by atoms with van der Waals surface area (Å²) in [6, 6.07) is 35.7. The van der Waals surface area contributed by atoms with Crippen molar-refractivity contribution in [3.63, 3.8) is 0 Å². The lowest BCUT2D eigenvalue weighted by Gasteiger charge is -2.22. The van der Waals surface area contributed by atoms with Crippen LogP contribution >= 0.6 is 0 Å². The lowest BCUT2D eigenvalue weighted by molar-refractivity contribution is 0.497. The van der Waals surface area contributed by atoms with Crippen molar-refractivity contribution >= 4 is 27.1 Å². The predicted molar refractivity (Wildman–Crippen MR) is 148 cm³/mol. The average molecular weight is 439 g/mol. The van der Waals surface area contributed by atoms with Crippen LogP contribution < -0.4 is 0 Å². The first-order valence-electron chi connectivity index (χ1n) is 12.3. The summed E-state index contributed by atoms with van der Waals surface area (Å²) in [7, 11) is 0. The van der Waals surface area contributed by atoms with E-state index in [-0.39, 0.29) is 5.41 Å². The van der Waals surface area contributed by atoms with Crippen molar-refractivity contribution in [2.45, 2.75) is 34.1 Å². The van der Waals surface area contributed by atoms with Crippen molar-refractivity contribution in [1.82, 2.24) is 0 Å². The van der Waals surface area contributed by atoms with Crippen molar-refractivity contribution in [2.75, 3.05) is 0 Å². The maximum absolute atomic E-state index is 2.37. The summed E-state index contributed by atoms with van der Waals surface area (Å²) >= 11 is 0. The summed E-state index contributed by atoms with van der Waals surface area (Å²) in [5, 5.41) is 5.24. The molecule has 0 unspecified atom stereocenters. The van der Waals surface area contributed by atoms with Crippen LogP contribution in [0.2, 0.25) is 0 Å². The Morgan fingerprint density at radius 3 is 1.62 bits per heavy atom. The summed E-state index contributed by atoms with van der Waals surface area (Å²) < 4.78 is 0. The van der Waals surface area contributed by atoms with Crippen LogP contribution in [0.1, 0.15) is 38.8 Å². The fourth-order valence-corrected chi connectivity index (χ4v) is 5.95. The summed E-state index contributed by atoms with van der Waals surface area (Å²) in [6.07, 6.45) is 1.02. The number of hydrogen-bond donors (Lipinski definition) is 0. The number of fused-ring (bicyclic) bond motifs is 3. The van der Waals surface area contributed by atoms with E-state index in [2.05, 4.69) is 125 Å². The molecule has 1 aliphatic rings. The molecule has 0 atom stereocenters. The van der Waals surface area contributed by atoms with Crippen LogP contribution in [0.15, 0.2) is 103 Å². The Bertz CT molecular complexity index is 1590. The Morgan fingerprint density at radius 1 is 0.529 bits per heavy atom. The maximum atomic E-state index is 2.37. The van der Waals surface area contributed by atoms with Gasteiger partial charge in [0.15, 0.2) is 0 Å². The molecule has 0 saturated carbocycles. The van der Waals surface area contributed by atoms with Gasteiger partial charge in [-0.3, -0.25) is 0 Å². The molecular weight excluding hydrogens is 408 g/mol. The van der Waals surface area contributed by atoms with Gasteiger partial charge in [0.2, 0.25) is 0 Å². The zero-order valence-corrected chi connectivity index (χ0v) is 20.4. The number of hydrogen-bond acceptors (Lipinski definition) is 0. The molecule has 0 spiro atoms. The molecule has 6 rings (SSSR count). The van der Waals surface area contributed by atoms with Crippen LogP contribution in [0.25, 0.3) is 49.4 Å². The highest BCUT2D eigenvalue weighted by Crippen LogP contribution is 2.49. The highest BCUT2D eigenvalue weighted by Gasteiger charge is 2.31. The second-order valence-electron chi connectivity index (χ2n) is 10.6. The van der Waals surface area contributed by atoms with Crippen LogP contribution in [0.5, 0.6) is 0 Å². The van der Waals surface area contributed by atoms with Crippen LogP contribution in [0.4, 0.5) is 0 Å². The van der Waals surface area contributed by atoms with E-state index in [1.165, 1.54) is 60.5 Å². The SMILES string of the molecule is CC1=C(C(C)(C)C)Cc2c(-c3cccc4ccccc34)ccc(-c3cccc4ccccc34)c21. The standard InChI is InChI=1S/C34H30/c1-22-32(34(2,3)4)21-31-29(27-17-9-13-23-11-5-7-15-25(23)27)19-20-30(33(22)31)28-18-10-14-24-12-6-8-16-26(24)28/h5-20H,21H2,1-4H3. The third-order valence-corrected chi connectivity index (χ3v) is 7.56. The third kappa shape index (κ3) is 3.21. The molecule has 0 bridgehead atoms. The van der Waals surface area contributed by atoms with Gasteiger partial charge in [-0.2, -0.15) is 0 Å². The molecule has 0 fully saturated rings. The lowest BCUT2D eigenvalue weighted by atomic mass is 9.83. The molecule has 0 heteroatoms. The fraction of sp³-hybridized carbons (Fsp3) is 0.176. The second-order valence-corrected chi connectivity index (χ2v) is 10.6. The number of allylic oxidation sites excluding steroid dienone is 2. The van der Waals surface area contributed by atoms with Gasteiger partial charge in [0, 0.05) is 0 Å². The number of rotatable bonds is 2. The molecule has 0 amide bonds. The minimum Gasteiger partial charge on any atom is -0.0616 e. The third-order valence-electron chi connectivity index (χ3n) is 7.56. The van der Waals surface area contributed by atoms with E-state index < -0.39 is 0 Å². The molecule has 0 saturated heterocycles. The normalized spacial score (nSPS) is 13.6. The molecule has 166 valence electrons. The van der Waals surface area contributed by atoms with Crippen molar-refractivity contribution < 1.29 is 0 Å². The van der Waals surface area contributed by atoms with E-state index in [4.69, 9.17) is 0 Å². The van der Waals surface area contributed by atoms with E-state index in [9.17, 15) is 0 Å². The Kier molecular flexibility index (Phi) is 4.74. The zero-order valence-electron chi connectivity index (χ0n) is 20.4. The molecule has 34 heavy (non-hydrogen) atoms. The van der Waals surface area contributed by atoms with Gasteiger partial charge < -0.3 is 0 Å². The van der Waals surface area contributed by atoms with Gasteiger partial charge in [-0.15, -0.1) is 0 Å². The first-order chi connectivity index (χ1) is 16.4. The van der Waals surface area contributed by atoms with Gasteiger partial charge in [0.05, 0.1) is 0 Å². The van der Waals surface area contributed by atoms with Gasteiger partial charge in [-0.05, 0) is 79.3 Å². The smallest absolute Gasteiger partial charge is 0.00435 e. The lowest BCUT2D eigenvalue weighted by Crippen LogP contribution is -2.10. The highest BCUT2D eigenvalue weighted by atomic mass is 14.4. The average Bonchev–Trinajstić information content (AvgIpc) is 3.21. The molecular formula is C34H30. The molecule has 5 aromatic carbocycles. The monoisotopic (exact) mass is 438 g/mol. The van der Waals surface area contributed by atoms with Crippen LogP contribution in [0, 0.1) is 5.41 Å². The Hall–Kier alpha value is -3.64. The molecule has 1 aliphatic carbocycles. The van der Waals surface area contributed by atoms with Crippen molar-refractivity contribution in [1.29, 1.82) is 0 Å². The maximum Gasteiger partial charge on any atom is -0.00435 e. The van der Waals surface area contributed by atoms with Crippen molar-refractivity contribution in [3.05, 3.63) is 114 Å². The summed E-state index contributed by atoms with van der Waals surface area (Å²) in [4.78, 5) is 0. The van der Waals surface area contributed by atoms with Crippen molar-refractivity contribution in [3.8, 4) is 22.3 Å². The summed E-state index contributed by atoms with van der Waals surface area (Å²) in [6.45, 7) is 9.40. The van der Waals surface area contributed by atoms with Crippen LogP contribution in [0.3, 0.4) is 0 Å². The van der Waals surface area contributed by atoms with Gasteiger partial charge >= 0.3 is 0 Å². The van der Waals surface area contributed by atoms with Gasteiger partial charge in [0.1, 0.15) is 0 Å². The van der Waals surface area contributed by atoms with Crippen LogP contribution in [-0.4, -0.2) is 0 Å². The minimum absolute atomic E-state index is 0.134. The molecule has 0 radical (unpaired) electrons. The summed E-state index contributed by atoms with van der Waals surface area (Å²) in [5.74, 6) is 0. The fourth-order valence-electron chi connectivity index (χ4n) is 5.95. The summed E-state index contributed by atoms with van der Waals surface area (Å²) in [5.41, 5.74) is 11.4. The van der Waals surface area contributed by atoms with E-state index in [1.54, 1.807) is 5.57 Å².